The van der Waals surface area contributed by atoms with Gasteiger partial charge in [-0.25, -0.2) is 9.37 Å². The maximum atomic E-state index is 13.3. The zero-order chi connectivity index (χ0) is 17.4. The summed E-state index contributed by atoms with van der Waals surface area (Å²) in [6, 6.07) is 1.34. The number of nitrogens with zero attached hydrogens (tertiary/aromatic N) is 1. The number of carbonyl (C=O) groups excluding carboxylic acids is 2. The fourth-order valence-corrected chi connectivity index (χ4v) is 4.42. The van der Waals surface area contributed by atoms with Crippen molar-refractivity contribution >= 4 is 28.5 Å². The van der Waals surface area contributed by atoms with Gasteiger partial charge in [0.1, 0.15) is 11.5 Å². The molecule has 0 saturated heterocycles. The van der Waals surface area contributed by atoms with Crippen LogP contribution in [0.2, 0.25) is 0 Å². The van der Waals surface area contributed by atoms with Gasteiger partial charge in [0.2, 0.25) is 0 Å². The molecule has 132 valence electrons. The van der Waals surface area contributed by atoms with E-state index in [-0.39, 0.29) is 6.04 Å². The van der Waals surface area contributed by atoms with Gasteiger partial charge in [-0.15, -0.1) is 0 Å². The monoisotopic (exact) mass is 344 g/mol. The highest BCUT2D eigenvalue weighted by atomic mass is 19.1. The molecule has 2 fully saturated rings. The number of aromatic amines is 1. The van der Waals surface area contributed by atoms with Crippen LogP contribution in [0.4, 0.5) is 10.1 Å². The second kappa shape index (κ2) is 6.13. The Labute approximate surface area is 144 Å². The molecule has 0 radical (unpaired) electrons. The van der Waals surface area contributed by atoms with Crippen molar-refractivity contribution in [3.63, 3.8) is 0 Å². The molecular weight excluding hydrogens is 323 g/mol. The van der Waals surface area contributed by atoms with Crippen molar-refractivity contribution in [3.8, 4) is 0 Å². The van der Waals surface area contributed by atoms with E-state index in [1.807, 2.05) is 0 Å². The van der Waals surface area contributed by atoms with E-state index in [9.17, 15) is 14.0 Å². The average molecular weight is 344 g/mol. The summed E-state index contributed by atoms with van der Waals surface area (Å²) in [4.78, 5) is 31.1. The molecule has 1 atom stereocenters. The van der Waals surface area contributed by atoms with E-state index in [0.29, 0.717) is 22.1 Å². The van der Waals surface area contributed by atoms with E-state index in [4.69, 9.17) is 0 Å². The van der Waals surface area contributed by atoms with Gasteiger partial charge in [-0.05, 0) is 43.6 Å². The van der Waals surface area contributed by atoms with Crippen LogP contribution in [0.15, 0.2) is 18.5 Å². The highest BCUT2D eigenvalue weighted by Gasteiger charge is 2.41. The molecule has 2 amide bonds. The van der Waals surface area contributed by atoms with Crippen molar-refractivity contribution in [2.45, 2.75) is 51.0 Å². The zero-order valence-electron chi connectivity index (χ0n) is 13.9. The van der Waals surface area contributed by atoms with Gasteiger partial charge in [-0.1, -0.05) is 12.8 Å². The molecule has 0 bridgehead atoms. The number of aromatic nitrogens is 2. The van der Waals surface area contributed by atoms with Gasteiger partial charge < -0.3 is 15.6 Å². The minimum atomic E-state index is -0.738. The molecule has 0 unspecified atom stereocenters. The summed E-state index contributed by atoms with van der Waals surface area (Å²) >= 11 is 0. The number of amides is 2. The molecular formula is C18H21FN4O2. The summed E-state index contributed by atoms with van der Waals surface area (Å²) in [6.07, 6.45) is 10.6. The lowest BCUT2D eigenvalue weighted by molar-refractivity contribution is -0.136. The topological polar surface area (TPSA) is 86.9 Å². The largest absolute Gasteiger partial charge is 0.345 e. The normalized spacial score (nSPS) is 21.7. The molecule has 4 rings (SSSR count). The summed E-state index contributed by atoms with van der Waals surface area (Å²) in [6.45, 7) is 0. The Balaban J connectivity index is 1.39. The first-order valence-corrected chi connectivity index (χ1v) is 8.79. The van der Waals surface area contributed by atoms with Crippen LogP contribution in [-0.2, 0) is 9.59 Å². The van der Waals surface area contributed by atoms with Crippen LogP contribution in [0, 0.1) is 11.2 Å². The van der Waals surface area contributed by atoms with Crippen LogP contribution in [0.5, 0.6) is 0 Å². The highest BCUT2D eigenvalue weighted by molar-refractivity contribution is 6.40. The van der Waals surface area contributed by atoms with Gasteiger partial charge in [0.05, 0.1) is 11.9 Å². The van der Waals surface area contributed by atoms with Gasteiger partial charge >= 0.3 is 11.8 Å². The van der Waals surface area contributed by atoms with Crippen LogP contribution in [0.25, 0.3) is 11.0 Å². The smallest absolute Gasteiger partial charge is 0.313 e. The van der Waals surface area contributed by atoms with Crippen molar-refractivity contribution in [2.24, 2.45) is 5.41 Å². The summed E-state index contributed by atoms with van der Waals surface area (Å²) in [5.41, 5.74) is 1.19. The van der Waals surface area contributed by atoms with Crippen LogP contribution in [0.3, 0.4) is 0 Å². The third-order valence-electron chi connectivity index (χ3n) is 5.65. The van der Waals surface area contributed by atoms with Gasteiger partial charge in [0, 0.05) is 17.6 Å². The van der Waals surface area contributed by atoms with Gasteiger partial charge in [-0.2, -0.15) is 0 Å². The Hall–Kier alpha value is -2.44. The number of hydrogen-bond donors (Lipinski definition) is 3. The van der Waals surface area contributed by atoms with E-state index in [0.717, 1.165) is 25.5 Å². The number of anilines is 1. The number of nitrogens with one attached hydrogen (secondary N) is 3. The molecule has 2 heterocycles. The van der Waals surface area contributed by atoms with Gasteiger partial charge in [0.25, 0.3) is 0 Å². The quantitative estimate of drug-likeness (QED) is 0.732. The molecule has 3 N–H and O–H groups in total. The van der Waals surface area contributed by atoms with Crippen molar-refractivity contribution in [3.05, 3.63) is 24.3 Å². The first-order valence-electron chi connectivity index (χ1n) is 8.79. The minimum absolute atomic E-state index is 0.0680. The second-order valence-electron chi connectivity index (χ2n) is 7.33. The van der Waals surface area contributed by atoms with Crippen molar-refractivity contribution in [1.29, 1.82) is 0 Å². The number of fused-ring (bicyclic) bond motifs is 1. The molecule has 7 heteroatoms. The molecule has 2 saturated carbocycles. The van der Waals surface area contributed by atoms with Gasteiger partial charge in [0.15, 0.2) is 0 Å². The number of pyridine rings is 1. The standard InChI is InChI=1S/C18H21FN4O2/c19-11-7-13-14(10-21-15(13)20-9-11)23-17(25)16(24)22-12-3-6-18(8-12)4-1-2-5-18/h7,9-10,12H,1-6,8H2,(H,20,21)(H,22,24)(H,23,25)/t12-/m1/s1. The lowest BCUT2D eigenvalue weighted by Gasteiger charge is -2.22. The van der Waals surface area contributed by atoms with Crippen molar-refractivity contribution in [2.75, 3.05) is 5.32 Å². The maximum absolute atomic E-state index is 13.3. The predicted molar refractivity (Wildman–Crippen MR) is 91.4 cm³/mol. The number of halogens is 1. The van der Waals surface area contributed by atoms with Crippen LogP contribution in [-0.4, -0.2) is 27.8 Å². The first kappa shape index (κ1) is 16.1. The molecule has 25 heavy (non-hydrogen) atoms. The van der Waals surface area contributed by atoms with E-state index >= 15 is 0 Å². The number of hydrogen-bond acceptors (Lipinski definition) is 3. The second-order valence-corrected chi connectivity index (χ2v) is 7.33. The predicted octanol–water partition coefficient (Wildman–Crippen LogP) is 2.87. The van der Waals surface area contributed by atoms with Crippen LogP contribution < -0.4 is 10.6 Å². The summed E-state index contributed by atoms with van der Waals surface area (Å²) in [7, 11) is 0. The number of carbonyl (C=O) groups is 2. The molecule has 2 aliphatic carbocycles. The average Bonchev–Trinajstić information content (AvgIpc) is 3.30. The summed E-state index contributed by atoms with van der Waals surface area (Å²) < 4.78 is 13.3. The molecule has 2 aromatic heterocycles. The highest BCUT2D eigenvalue weighted by Crippen LogP contribution is 2.50. The Morgan fingerprint density at radius 2 is 2.04 bits per heavy atom. The minimum Gasteiger partial charge on any atom is -0.345 e. The third kappa shape index (κ3) is 3.10. The number of H-pyrrole nitrogens is 1. The first-order chi connectivity index (χ1) is 12.0. The molecule has 2 aliphatic rings. The van der Waals surface area contributed by atoms with Crippen molar-refractivity contribution < 1.29 is 14.0 Å². The maximum Gasteiger partial charge on any atom is 0.313 e. The summed E-state index contributed by atoms with van der Waals surface area (Å²) in [5.74, 6) is -1.88. The SMILES string of the molecule is O=C(Nc1c[nH]c2ncc(F)cc12)C(=O)N[C@@H]1CCC2(CCCC2)C1. The van der Waals surface area contributed by atoms with E-state index in [2.05, 4.69) is 20.6 Å². The molecule has 0 aliphatic heterocycles. The van der Waals surface area contributed by atoms with E-state index in [1.165, 1.54) is 37.9 Å². The third-order valence-corrected chi connectivity index (χ3v) is 5.65. The Morgan fingerprint density at radius 3 is 2.84 bits per heavy atom. The molecule has 6 nitrogen and oxygen atoms in total. The lowest BCUT2D eigenvalue weighted by atomic mass is 9.84. The molecule has 0 aromatic carbocycles. The van der Waals surface area contributed by atoms with Crippen LogP contribution in [0.1, 0.15) is 44.9 Å². The number of rotatable bonds is 2. The van der Waals surface area contributed by atoms with Crippen molar-refractivity contribution in [1.82, 2.24) is 15.3 Å². The zero-order valence-corrected chi connectivity index (χ0v) is 13.9. The Bertz CT molecular complexity index is 826. The van der Waals surface area contributed by atoms with E-state index in [1.54, 1.807) is 0 Å². The Morgan fingerprint density at radius 1 is 1.24 bits per heavy atom. The van der Waals surface area contributed by atoms with Gasteiger partial charge in [-0.3, -0.25) is 9.59 Å². The Kier molecular flexibility index (Phi) is 3.94. The fraction of sp³-hybridized carbons (Fsp3) is 0.500. The summed E-state index contributed by atoms with van der Waals surface area (Å²) in [5, 5.41) is 5.83. The fourth-order valence-electron chi connectivity index (χ4n) is 4.42. The van der Waals surface area contributed by atoms with Crippen LogP contribution >= 0.6 is 0 Å². The van der Waals surface area contributed by atoms with E-state index < -0.39 is 17.6 Å². The molecule has 2 aromatic rings. The molecule has 1 spiro atoms. The lowest BCUT2D eigenvalue weighted by Crippen LogP contribution is -2.41.